The third kappa shape index (κ3) is 5.87. The van der Waals surface area contributed by atoms with Crippen LogP contribution in [0, 0.1) is 5.92 Å². The zero-order chi connectivity index (χ0) is 12.6. The van der Waals surface area contributed by atoms with Crippen molar-refractivity contribution in [3.8, 4) is 0 Å². The molecule has 0 radical (unpaired) electrons. The molecule has 0 aromatic rings. The fourth-order valence-electron chi connectivity index (χ4n) is 2.77. The molecule has 17 heavy (non-hydrogen) atoms. The van der Waals surface area contributed by atoms with Crippen molar-refractivity contribution in [2.75, 3.05) is 19.6 Å². The van der Waals surface area contributed by atoms with Crippen molar-refractivity contribution in [2.24, 2.45) is 5.92 Å². The molecule has 102 valence electrons. The van der Waals surface area contributed by atoms with Crippen molar-refractivity contribution < 1.29 is 0 Å². The zero-order valence-corrected chi connectivity index (χ0v) is 12.1. The van der Waals surface area contributed by atoms with E-state index in [4.69, 9.17) is 0 Å². The fourth-order valence-corrected chi connectivity index (χ4v) is 2.77. The Morgan fingerprint density at radius 3 is 2.71 bits per heavy atom. The van der Waals surface area contributed by atoms with Gasteiger partial charge in [0.15, 0.2) is 0 Å². The lowest BCUT2D eigenvalue weighted by molar-refractivity contribution is 0.259. The van der Waals surface area contributed by atoms with Crippen molar-refractivity contribution in [3.63, 3.8) is 0 Å². The predicted molar refractivity (Wildman–Crippen MR) is 76.4 cm³/mol. The largest absolute Gasteiger partial charge is 0.315 e. The quantitative estimate of drug-likeness (QED) is 0.680. The molecular weight excluding hydrogens is 208 g/mol. The van der Waals surface area contributed by atoms with Crippen LogP contribution in [0.15, 0.2) is 0 Å². The highest BCUT2D eigenvalue weighted by atomic mass is 15.0. The van der Waals surface area contributed by atoms with Gasteiger partial charge in [0.05, 0.1) is 0 Å². The molecule has 1 rings (SSSR count). The van der Waals surface area contributed by atoms with Gasteiger partial charge in [-0.2, -0.15) is 0 Å². The monoisotopic (exact) mass is 240 g/mol. The SMILES string of the molecule is CCCCC(CC)CNCC1(C)CCCCN1. The molecule has 2 unspecified atom stereocenters. The first-order valence-electron chi connectivity index (χ1n) is 7.66. The van der Waals surface area contributed by atoms with Gasteiger partial charge in [0.25, 0.3) is 0 Å². The average Bonchev–Trinajstić information content (AvgIpc) is 2.34. The summed E-state index contributed by atoms with van der Waals surface area (Å²) in [5.74, 6) is 0.877. The van der Waals surface area contributed by atoms with Gasteiger partial charge < -0.3 is 10.6 Å². The number of piperidine rings is 1. The van der Waals surface area contributed by atoms with Crippen LogP contribution in [-0.2, 0) is 0 Å². The lowest BCUT2D eigenvalue weighted by atomic mass is 9.90. The Kier molecular flexibility index (Phi) is 7.14. The number of rotatable bonds is 8. The summed E-state index contributed by atoms with van der Waals surface area (Å²) in [6.45, 7) is 10.5. The smallest absolute Gasteiger partial charge is 0.0277 e. The molecule has 1 heterocycles. The van der Waals surface area contributed by atoms with Gasteiger partial charge in [-0.1, -0.05) is 39.5 Å². The Hall–Kier alpha value is -0.0800. The summed E-state index contributed by atoms with van der Waals surface area (Å²) in [6.07, 6.45) is 9.49. The molecule has 2 heteroatoms. The first-order chi connectivity index (χ1) is 8.20. The van der Waals surface area contributed by atoms with E-state index in [2.05, 4.69) is 31.4 Å². The van der Waals surface area contributed by atoms with Gasteiger partial charge in [0.2, 0.25) is 0 Å². The maximum absolute atomic E-state index is 3.69. The minimum atomic E-state index is 0.349. The molecule has 2 atom stereocenters. The van der Waals surface area contributed by atoms with E-state index in [1.165, 1.54) is 58.0 Å². The van der Waals surface area contributed by atoms with E-state index in [9.17, 15) is 0 Å². The van der Waals surface area contributed by atoms with Gasteiger partial charge in [-0.25, -0.2) is 0 Å². The third-order valence-corrected chi connectivity index (χ3v) is 4.20. The maximum Gasteiger partial charge on any atom is 0.0277 e. The van der Waals surface area contributed by atoms with E-state index >= 15 is 0 Å². The highest BCUT2D eigenvalue weighted by Crippen LogP contribution is 2.18. The second kappa shape index (κ2) is 8.10. The Morgan fingerprint density at radius 1 is 1.29 bits per heavy atom. The molecule has 0 aliphatic carbocycles. The van der Waals surface area contributed by atoms with Crippen LogP contribution in [0.4, 0.5) is 0 Å². The topological polar surface area (TPSA) is 24.1 Å². The molecule has 0 aromatic heterocycles. The summed E-state index contributed by atoms with van der Waals surface area (Å²) in [4.78, 5) is 0. The van der Waals surface area contributed by atoms with Gasteiger partial charge in [-0.15, -0.1) is 0 Å². The van der Waals surface area contributed by atoms with Gasteiger partial charge in [0.1, 0.15) is 0 Å². The van der Waals surface area contributed by atoms with Crippen molar-refractivity contribution in [1.82, 2.24) is 10.6 Å². The summed E-state index contributed by atoms with van der Waals surface area (Å²) >= 11 is 0. The second-order valence-corrected chi connectivity index (χ2v) is 5.99. The predicted octanol–water partition coefficient (Wildman–Crippen LogP) is 3.32. The molecule has 0 amide bonds. The molecule has 1 aliphatic rings. The molecular formula is C15H32N2. The Labute approximate surface area is 108 Å². The fraction of sp³-hybridized carbons (Fsp3) is 1.00. The Balaban J connectivity index is 2.16. The van der Waals surface area contributed by atoms with Crippen molar-refractivity contribution in [3.05, 3.63) is 0 Å². The van der Waals surface area contributed by atoms with Crippen LogP contribution in [0.5, 0.6) is 0 Å². The first kappa shape index (κ1) is 15.0. The third-order valence-electron chi connectivity index (χ3n) is 4.20. The Bertz CT molecular complexity index is 185. The first-order valence-corrected chi connectivity index (χ1v) is 7.66. The maximum atomic E-state index is 3.69. The van der Waals surface area contributed by atoms with Crippen LogP contribution in [0.25, 0.3) is 0 Å². The van der Waals surface area contributed by atoms with Crippen LogP contribution in [0.1, 0.15) is 65.7 Å². The van der Waals surface area contributed by atoms with Gasteiger partial charge in [-0.05, 0) is 45.2 Å². The minimum Gasteiger partial charge on any atom is -0.315 e. The van der Waals surface area contributed by atoms with Crippen LogP contribution < -0.4 is 10.6 Å². The lowest BCUT2D eigenvalue weighted by Gasteiger charge is -2.35. The summed E-state index contributed by atoms with van der Waals surface area (Å²) in [7, 11) is 0. The summed E-state index contributed by atoms with van der Waals surface area (Å²) in [6, 6.07) is 0. The van der Waals surface area contributed by atoms with Gasteiger partial charge in [0, 0.05) is 12.1 Å². The molecule has 0 spiro atoms. The van der Waals surface area contributed by atoms with Crippen LogP contribution in [0.3, 0.4) is 0 Å². The molecule has 1 saturated heterocycles. The lowest BCUT2D eigenvalue weighted by Crippen LogP contribution is -2.53. The number of unbranched alkanes of at least 4 members (excludes halogenated alkanes) is 1. The standard InChI is InChI=1S/C15H32N2/c1-4-6-9-14(5-2)12-16-13-15(3)10-7-8-11-17-15/h14,16-17H,4-13H2,1-3H3. The minimum absolute atomic E-state index is 0.349. The molecule has 0 saturated carbocycles. The van der Waals surface area contributed by atoms with E-state index < -0.39 is 0 Å². The van der Waals surface area contributed by atoms with E-state index in [1.54, 1.807) is 0 Å². The van der Waals surface area contributed by atoms with E-state index in [1.807, 2.05) is 0 Å². The van der Waals surface area contributed by atoms with E-state index in [-0.39, 0.29) is 0 Å². The Morgan fingerprint density at radius 2 is 2.12 bits per heavy atom. The normalized spacial score (nSPS) is 27.0. The van der Waals surface area contributed by atoms with E-state index in [0.717, 1.165) is 12.5 Å². The van der Waals surface area contributed by atoms with Crippen molar-refractivity contribution >= 4 is 0 Å². The van der Waals surface area contributed by atoms with Crippen LogP contribution in [-0.4, -0.2) is 25.2 Å². The van der Waals surface area contributed by atoms with Crippen LogP contribution >= 0.6 is 0 Å². The average molecular weight is 240 g/mol. The zero-order valence-electron chi connectivity index (χ0n) is 12.1. The number of nitrogens with one attached hydrogen (secondary N) is 2. The van der Waals surface area contributed by atoms with Gasteiger partial charge >= 0.3 is 0 Å². The number of hydrogen-bond acceptors (Lipinski definition) is 2. The van der Waals surface area contributed by atoms with Gasteiger partial charge in [-0.3, -0.25) is 0 Å². The highest BCUT2D eigenvalue weighted by molar-refractivity contribution is 4.88. The summed E-state index contributed by atoms with van der Waals surface area (Å²) in [5.41, 5.74) is 0.349. The molecule has 2 N–H and O–H groups in total. The summed E-state index contributed by atoms with van der Waals surface area (Å²) in [5, 5.41) is 7.36. The molecule has 1 aliphatic heterocycles. The number of hydrogen-bond donors (Lipinski definition) is 2. The van der Waals surface area contributed by atoms with Crippen molar-refractivity contribution in [1.29, 1.82) is 0 Å². The van der Waals surface area contributed by atoms with Crippen LogP contribution in [0.2, 0.25) is 0 Å². The molecule has 0 aromatic carbocycles. The molecule has 2 nitrogen and oxygen atoms in total. The molecule has 1 fully saturated rings. The second-order valence-electron chi connectivity index (χ2n) is 5.99. The highest BCUT2D eigenvalue weighted by Gasteiger charge is 2.25. The molecule has 0 bridgehead atoms. The van der Waals surface area contributed by atoms with E-state index in [0.29, 0.717) is 5.54 Å². The van der Waals surface area contributed by atoms with Crippen molar-refractivity contribution in [2.45, 2.75) is 71.3 Å². The summed E-state index contributed by atoms with van der Waals surface area (Å²) < 4.78 is 0.